The van der Waals surface area contributed by atoms with Gasteiger partial charge < -0.3 is 10.3 Å². The standard InChI is InChI=1S/C17H16N2O/c1-18-11-14-4-2-3-5-15(14)17(20)13-6-7-16-12(10-13)8-9-19-16/h2-10,18-19H,11H2,1H3. The number of rotatable bonds is 4. The Morgan fingerprint density at radius 3 is 2.85 bits per heavy atom. The van der Waals surface area contributed by atoms with Gasteiger partial charge in [0.25, 0.3) is 0 Å². The Balaban J connectivity index is 2.03. The maximum atomic E-state index is 12.7. The summed E-state index contributed by atoms with van der Waals surface area (Å²) < 4.78 is 0. The molecule has 2 N–H and O–H groups in total. The Kier molecular flexibility index (Phi) is 3.35. The fourth-order valence-electron chi connectivity index (χ4n) is 2.44. The van der Waals surface area contributed by atoms with E-state index in [1.807, 2.05) is 61.8 Å². The quantitative estimate of drug-likeness (QED) is 0.711. The van der Waals surface area contributed by atoms with Crippen molar-refractivity contribution < 1.29 is 4.79 Å². The van der Waals surface area contributed by atoms with Crippen molar-refractivity contribution in [3.63, 3.8) is 0 Å². The first-order valence-corrected chi connectivity index (χ1v) is 6.64. The van der Waals surface area contributed by atoms with Crippen molar-refractivity contribution in [3.05, 3.63) is 71.4 Å². The zero-order chi connectivity index (χ0) is 13.9. The molecule has 3 heteroatoms. The average molecular weight is 264 g/mol. The first-order chi connectivity index (χ1) is 9.79. The van der Waals surface area contributed by atoms with Gasteiger partial charge in [-0.25, -0.2) is 0 Å². The summed E-state index contributed by atoms with van der Waals surface area (Å²) in [6.07, 6.45) is 1.88. The number of hydrogen-bond acceptors (Lipinski definition) is 2. The molecule has 20 heavy (non-hydrogen) atoms. The van der Waals surface area contributed by atoms with E-state index in [2.05, 4.69) is 10.3 Å². The first-order valence-electron chi connectivity index (χ1n) is 6.64. The van der Waals surface area contributed by atoms with Gasteiger partial charge in [-0.2, -0.15) is 0 Å². The lowest BCUT2D eigenvalue weighted by atomic mass is 9.97. The third-order valence-electron chi connectivity index (χ3n) is 3.44. The Hall–Kier alpha value is -2.39. The van der Waals surface area contributed by atoms with Gasteiger partial charge in [-0.05, 0) is 36.9 Å². The number of aromatic amines is 1. The van der Waals surface area contributed by atoms with E-state index in [1.54, 1.807) is 0 Å². The molecular formula is C17H16N2O. The molecule has 3 aromatic rings. The van der Waals surface area contributed by atoms with Gasteiger partial charge in [0.15, 0.2) is 5.78 Å². The minimum Gasteiger partial charge on any atom is -0.361 e. The second kappa shape index (κ2) is 5.31. The van der Waals surface area contributed by atoms with E-state index < -0.39 is 0 Å². The number of ketones is 1. The highest BCUT2D eigenvalue weighted by Gasteiger charge is 2.13. The molecule has 0 aliphatic heterocycles. The molecule has 0 saturated carbocycles. The van der Waals surface area contributed by atoms with E-state index in [1.165, 1.54) is 0 Å². The molecular weight excluding hydrogens is 248 g/mol. The smallest absolute Gasteiger partial charge is 0.193 e. The third-order valence-corrected chi connectivity index (χ3v) is 3.44. The number of aromatic nitrogens is 1. The van der Waals surface area contributed by atoms with Crippen LogP contribution in [0.1, 0.15) is 21.5 Å². The minimum atomic E-state index is 0.0685. The van der Waals surface area contributed by atoms with E-state index >= 15 is 0 Å². The predicted molar refractivity (Wildman–Crippen MR) is 80.9 cm³/mol. The number of benzene rings is 2. The van der Waals surface area contributed by atoms with Crippen molar-refractivity contribution in [2.45, 2.75) is 6.54 Å². The normalized spacial score (nSPS) is 10.8. The molecule has 1 heterocycles. The largest absolute Gasteiger partial charge is 0.361 e. The monoisotopic (exact) mass is 264 g/mol. The summed E-state index contributed by atoms with van der Waals surface area (Å²) in [6, 6.07) is 15.5. The van der Waals surface area contributed by atoms with Crippen LogP contribution in [0.3, 0.4) is 0 Å². The summed E-state index contributed by atoms with van der Waals surface area (Å²) in [6.45, 7) is 0.689. The number of carbonyl (C=O) groups is 1. The predicted octanol–water partition coefficient (Wildman–Crippen LogP) is 3.12. The molecule has 0 aliphatic carbocycles. The van der Waals surface area contributed by atoms with Crippen molar-refractivity contribution >= 4 is 16.7 Å². The topological polar surface area (TPSA) is 44.9 Å². The van der Waals surface area contributed by atoms with Crippen LogP contribution < -0.4 is 5.32 Å². The fraction of sp³-hybridized carbons (Fsp3) is 0.118. The summed E-state index contributed by atoms with van der Waals surface area (Å²) in [4.78, 5) is 15.8. The molecule has 1 aromatic heterocycles. The summed E-state index contributed by atoms with van der Waals surface area (Å²) in [7, 11) is 1.88. The molecule has 2 aromatic carbocycles. The molecule has 0 saturated heterocycles. The molecule has 3 nitrogen and oxygen atoms in total. The number of H-pyrrole nitrogens is 1. The molecule has 0 unspecified atom stereocenters. The lowest BCUT2D eigenvalue weighted by Crippen LogP contribution is -2.11. The van der Waals surface area contributed by atoms with Crippen molar-refractivity contribution in [1.29, 1.82) is 0 Å². The average Bonchev–Trinajstić information content (AvgIpc) is 2.95. The zero-order valence-electron chi connectivity index (χ0n) is 11.3. The Morgan fingerprint density at radius 2 is 2.00 bits per heavy atom. The van der Waals surface area contributed by atoms with Gasteiger partial charge in [-0.1, -0.05) is 24.3 Å². The van der Waals surface area contributed by atoms with Gasteiger partial charge in [0.05, 0.1) is 0 Å². The number of hydrogen-bond donors (Lipinski definition) is 2. The van der Waals surface area contributed by atoms with Crippen LogP contribution in [0.2, 0.25) is 0 Å². The number of fused-ring (bicyclic) bond motifs is 1. The molecule has 0 atom stereocenters. The summed E-state index contributed by atoms with van der Waals surface area (Å²) in [5.41, 5.74) is 3.55. The van der Waals surface area contributed by atoms with E-state index in [-0.39, 0.29) is 5.78 Å². The number of carbonyl (C=O) groups excluding carboxylic acids is 1. The highest BCUT2D eigenvalue weighted by Crippen LogP contribution is 2.19. The zero-order valence-corrected chi connectivity index (χ0v) is 11.3. The van der Waals surface area contributed by atoms with Crippen molar-refractivity contribution in [2.24, 2.45) is 0 Å². The van der Waals surface area contributed by atoms with Crippen LogP contribution in [0.15, 0.2) is 54.7 Å². The van der Waals surface area contributed by atoms with Crippen LogP contribution in [0.25, 0.3) is 10.9 Å². The molecule has 0 radical (unpaired) electrons. The maximum absolute atomic E-state index is 12.7. The first kappa shape index (κ1) is 12.6. The molecule has 0 aliphatic rings. The van der Waals surface area contributed by atoms with E-state index in [9.17, 15) is 4.79 Å². The van der Waals surface area contributed by atoms with Crippen molar-refractivity contribution in [1.82, 2.24) is 10.3 Å². The highest BCUT2D eigenvalue weighted by atomic mass is 16.1. The molecule has 0 spiro atoms. The van der Waals surface area contributed by atoms with Crippen LogP contribution in [0, 0.1) is 0 Å². The van der Waals surface area contributed by atoms with Gasteiger partial charge >= 0.3 is 0 Å². The number of nitrogens with one attached hydrogen (secondary N) is 2. The van der Waals surface area contributed by atoms with Crippen molar-refractivity contribution in [2.75, 3.05) is 7.05 Å². The van der Waals surface area contributed by atoms with E-state index in [0.717, 1.165) is 27.6 Å². The van der Waals surface area contributed by atoms with E-state index in [4.69, 9.17) is 0 Å². The van der Waals surface area contributed by atoms with Crippen LogP contribution in [0.5, 0.6) is 0 Å². The lowest BCUT2D eigenvalue weighted by Gasteiger charge is -2.08. The van der Waals surface area contributed by atoms with Crippen LogP contribution in [-0.4, -0.2) is 17.8 Å². The summed E-state index contributed by atoms with van der Waals surface area (Å²) >= 11 is 0. The van der Waals surface area contributed by atoms with Gasteiger partial charge in [-0.3, -0.25) is 4.79 Å². The SMILES string of the molecule is CNCc1ccccc1C(=O)c1ccc2[nH]ccc2c1. The second-order valence-corrected chi connectivity index (χ2v) is 4.80. The van der Waals surface area contributed by atoms with Crippen LogP contribution >= 0.6 is 0 Å². The Bertz CT molecular complexity index is 758. The highest BCUT2D eigenvalue weighted by molar-refractivity contribution is 6.11. The van der Waals surface area contributed by atoms with E-state index in [0.29, 0.717) is 6.54 Å². The maximum Gasteiger partial charge on any atom is 0.193 e. The molecule has 0 fully saturated rings. The van der Waals surface area contributed by atoms with Gasteiger partial charge in [0, 0.05) is 34.8 Å². The second-order valence-electron chi connectivity index (χ2n) is 4.80. The summed E-state index contributed by atoms with van der Waals surface area (Å²) in [5, 5.41) is 4.16. The van der Waals surface area contributed by atoms with Crippen LogP contribution in [0.4, 0.5) is 0 Å². The lowest BCUT2D eigenvalue weighted by molar-refractivity contribution is 0.103. The van der Waals surface area contributed by atoms with Crippen molar-refractivity contribution in [3.8, 4) is 0 Å². The molecule has 0 amide bonds. The summed E-state index contributed by atoms with van der Waals surface area (Å²) in [5.74, 6) is 0.0685. The minimum absolute atomic E-state index is 0.0685. The fourth-order valence-corrected chi connectivity index (χ4v) is 2.44. The third kappa shape index (κ3) is 2.24. The van der Waals surface area contributed by atoms with Gasteiger partial charge in [0.2, 0.25) is 0 Å². The van der Waals surface area contributed by atoms with Gasteiger partial charge in [0.1, 0.15) is 0 Å². The molecule has 3 rings (SSSR count). The Labute approximate surface area is 117 Å². The van der Waals surface area contributed by atoms with Crippen LogP contribution in [-0.2, 0) is 6.54 Å². The molecule has 100 valence electrons. The van der Waals surface area contributed by atoms with Gasteiger partial charge in [-0.15, -0.1) is 0 Å². The molecule has 0 bridgehead atoms. The Morgan fingerprint density at radius 1 is 1.15 bits per heavy atom.